The van der Waals surface area contributed by atoms with E-state index < -0.39 is 0 Å². The molecule has 0 aliphatic heterocycles. The zero-order valence-corrected chi connectivity index (χ0v) is 12.8. The van der Waals surface area contributed by atoms with Crippen LogP contribution in [0.1, 0.15) is 10.4 Å². The molecule has 3 aromatic carbocycles. The molecule has 2 heteroatoms. The summed E-state index contributed by atoms with van der Waals surface area (Å²) in [7, 11) is 0. The monoisotopic (exact) mass is 328 g/mol. The van der Waals surface area contributed by atoms with Crippen molar-refractivity contribution in [2.75, 3.05) is 6.61 Å². The number of aliphatic hydroxyl groups excluding tert-OH is 1. The third kappa shape index (κ3) is 2.78. The summed E-state index contributed by atoms with van der Waals surface area (Å²) >= 11 is 0.219. The van der Waals surface area contributed by atoms with Gasteiger partial charge in [-0.3, -0.25) is 0 Å². The fourth-order valence-electron chi connectivity index (χ4n) is 2.33. The maximum atomic E-state index is 9.73. The van der Waals surface area contributed by atoms with Gasteiger partial charge in [0.05, 0.1) is 0 Å². The Morgan fingerprint density at radius 1 is 0.800 bits per heavy atom. The predicted molar refractivity (Wildman–Crippen MR) is 85.6 cm³/mol. The average Bonchev–Trinajstić information content (AvgIpc) is 2.53. The molecule has 0 saturated heterocycles. The van der Waals surface area contributed by atoms with Gasteiger partial charge in [-0.05, 0) is 0 Å². The molecule has 1 unspecified atom stereocenters. The molecule has 20 heavy (non-hydrogen) atoms. The van der Waals surface area contributed by atoms with Crippen molar-refractivity contribution >= 4 is 30.2 Å². The normalized spacial score (nSPS) is 12.4. The Kier molecular flexibility index (Phi) is 4.17. The van der Waals surface area contributed by atoms with Gasteiger partial charge in [-0.25, -0.2) is 0 Å². The zero-order chi connectivity index (χ0) is 13.8. The van der Waals surface area contributed by atoms with Gasteiger partial charge < -0.3 is 0 Å². The Balaban J connectivity index is 1.96. The fourth-order valence-corrected chi connectivity index (χ4v) is 4.73. The molecule has 3 aromatic rings. The minimum absolute atomic E-state index is 0.202. The number of aliphatic hydroxyl groups is 1. The van der Waals surface area contributed by atoms with Crippen molar-refractivity contribution in [1.82, 2.24) is 0 Å². The molecule has 1 atom stereocenters. The Hall–Kier alpha value is -1.60. The molecular weight excluding hydrogens is 311 g/mol. The molecule has 100 valence electrons. The van der Waals surface area contributed by atoms with Crippen molar-refractivity contribution in [1.29, 1.82) is 0 Å². The Bertz CT molecular complexity index is 689. The van der Waals surface area contributed by atoms with E-state index >= 15 is 0 Å². The van der Waals surface area contributed by atoms with Crippen LogP contribution in [-0.2, 0) is 0 Å². The minimum atomic E-state index is 0.202. The van der Waals surface area contributed by atoms with Gasteiger partial charge in [-0.15, -0.1) is 0 Å². The van der Waals surface area contributed by atoms with E-state index in [-0.39, 0.29) is 26.4 Å². The molecular formula is C18H16OSe. The summed E-state index contributed by atoms with van der Waals surface area (Å²) in [4.78, 5) is 0.217. The summed E-state index contributed by atoms with van der Waals surface area (Å²) in [5, 5.41) is 12.3. The molecule has 3 rings (SSSR count). The quantitative estimate of drug-likeness (QED) is 0.731. The number of fused-ring (bicyclic) bond motifs is 1. The summed E-state index contributed by atoms with van der Waals surface area (Å²) in [5.74, 6) is 0. The molecule has 1 N–H and O–H groups in total. The molecule has 1 nitrogen and oxygen atoms in total. The van der Waals surface area contributed by atoms with E-state index in [0.29, 0.717) is 0 Å². The fraction of sp³-hybridized carbons (Fsp3) is 0.111. The first-order valence-electron chi connectivity index (χ1n) is 6.69. The Morgan fingerprint density at radius 3 is 2.30 bits per heavy atom. The van der Waals surface area contributed by atoms with Crippen LogP contribution in [0.2, 0.25) is 0 Å². The summed E-state index contributed by atoms with van der Waals surface area (Å²) in [6, 6.07) is 25.2. The summed E-state index contributed by atoms with van der Waals surface area (Å²) in [5.41, 5.74) is 1.22. The van der Waals surface area contributed by atoms with Gasteiger partial charge in [-0.2, -0.15) is 0 Å². The van der Waals surface area contributed by atoms with Crippen LogP contribution in [-0.4, -0.2) is 26.7 Å². The number of hydrogen-bond acceptors (Lipinski definition) is 1. The first-order valence-corrected chi connectivity index (χ1v) is 8.53. The van der Waals surface area contributed by atoms with E-state index in [1.807, 2.05) is 18.2 Å². The van der Waals surface area contributed by atoms with Crippen LogP contribution in [0.4, 0.5) is 0 Å². The molecule has 0 aliphatic rings. The zero-order valence-electron chi connectivity index (χ0n) is 11.1. The van der Waals surface area contributed by atoms with Crippen LogP contribution in [0, 0.1) is 0 Å². The Labute approximate surface area is 125 Å². The third-order valence-electron chi connectivity index (χ3n) is 3.36. The number of rotatable bonds is 4. The molecule has 0 heterocycles. The van der Waals surface area contributed by atoms with Gasteiger partial charge in [0.2, 0.25) is 0 Å². The van der Waals surface area contributed by atoms with Crippen LogP contribution in [0.3, 0.4) is 0 Å². The van der Waals surface area contributed by atoms with E-state index in [2.05, 4.69) is 54.6 Å². The van der Waals surface area contributed by atoms with Crippen molar-refractivity contribution in [2.24, 2.45) is 0 Å². The van der Waals surface area contributed by atoms with Gasteiger partial charge in [0, 0.05) is 0 Å². The van der Waals surface area contributed by atoms with Crippen LogP contribution in [0.25, 0.3) is 10.8 Å². The summed E-state index contributed by atoms with van der Waals surface area (Å²) in [6.07, 6.45) is 0. The van der Waals surface area contributed by atoms with Gasteiger partial charge in [0.25, 0.3) is 0 Å². The Morgan fingerprint density at radius 2 is 1.50 bits per heavy atom. The van der Waals surface area contributed by atoms with E-state index in [0.717, 1.165) is 0 Å². The molecule has 0 aromatic heterocycles. The van der Waals surface area contributed by atoms with Crippen LogP contribution < -0.4 is 4.46 Å². The molecule has 0 amide bonds. The van der Waals surface area contributed by atoms with Crippen LogP contribution in [0.15, 0.2) is 72.8 Å². The topological polar surface area (TPSA) is 20.2 Å². The molecule has 0 bridgehead atoms. The van der Waals surface area contributed by atoms with Crippen molar-refractivity contribution in [2.45, 2.75) is 4.82 Å². The summed E-state index contributed by atoms with van der Waals surface area (Å²) < 4.78 is 1.36. The number of hydrogen-bond donors (Lipinski definition) is 1. The standard InChI is InChI=1S/C18H16OSe/c19-13-18(15-8-2-1-3-9-15)20-17-12-6-10-14-7-4-5-11-16(14)17/h1-12,18-19H,13H2. The van der Waals surface area contributed by atoms with E-state index in [1.54, 1.807) is 0 Å². The SMILES string of the molecule is OCC([Se]c1cccc2ccccc12)c1ccccc1. The average molecular weight is 327 g/mol. The molecule has 0 fully saturated rings. The van der Waals surface area contributed by atoms with Crippen molar-refractivity contribution in [3.05, 3.63) is 78.4 Å². The van der Waals surface area contributed by atoms with E-state index in [1.165, 1.54) is 20.8 Å². The van der Waals surface area contributed by atoms with Crippen molar-refractivity contribution in [3.63, 3.8) is 0 Å². The maximum absolute atomic E-state index is 9.73. The number of benzene rings is 3. The first kappa shape index (κ1) is 13.4. The van der Waals surface area contributed by atoms with Crippen LogP contribution >= 0.6 is 0 Å². The summed E-state index contributed by atoms with van der Waals surface area (Å²) in [6.45, 7) is 0.202. The predicted octanol–water partition coefficient (Wildman–Crippen LogP) is 2.90. The second-order valence-electron chi connectivity index (χ2n) is 4.68. The van der Waals surface area contributed by atoms with Gasteiger partial charge in [0.15, 0.2) is 0 Å². The van der Waals surface area contributed by atoms with Crippen molar-refractivity contribution < 1.29 is 5.11 Å². The molecule has 0 saturated carbocycles. The molecule has 0 aliphatic carbocycles. The van der Waals surface area contributed by atoms with E-state index in [4.69, 9.17) is 0 Å². The van der Waals surface area contributed by atoms with Gasteiger partial charge in [-0.1, -0.05) is 0 Å². The second kappa shape index (κ2) is 6.23. The molecule has 0 spiro atoms. The van der Waals surface area contributed by atoms with Crippen LogP contribution in [0.5, 0.6) is 0 Å². The van der Waals surface area contributed by atoms with Gasteiger partial charge in [0.1, 0.15) is 0 Å². The second-order valence-corrected chi connectivity index (χ2v) is 7.29. The first-order chi connectivity index (χ1) is 9.88. The third-order valence-corrected chi connectivity index (χ3v) is 6.12. The molecule has 0 radical (unpaired) electrons. The van der Waals surface area contributed by atoms with Crippen molar-refractivity contribution in [3.8, 4) is 0 Å². The van der Waals surface area contributed by atoms with E-state index in [9.17, 15) is 5.11 Å². The van der Waals surface area contributed by atoms with Gasteiger partial charge >= 0.3 is 125 Å².